The number of benzene rings is 2. The molecule has 0 unspecified atom stereocenters. The zero-order chi connectivity index (χ0) is 24.3. The summed E-state index contributed by atoms with van der Waals surface area (Å²) in [7, 11) is 0. The lowest BCUT2D eigenvalue weighted by Gasteiger charge is -2.26. The Balaban J connectivity index is 1.65. The maximum absolute atomic E-state index is 14.0. The number of ether oxygens (including phenoxy) is 1. The van der Waals surface area contributed by atoms with E-state index in [0.717, 1.165) is 5.56 Å². The van der Waals surface area contributed by atoms with Crippen molar-refractivity contribution in [2.24, 2.45) is 0 Å². The van der Waals surface area contributed by atoms with Crippen LogP contribution in [0.15, 0.2) is 48.5 Å². The highest BCUT2D eigenvalue weighted by molar-refractivity contribution is 5.36. The first-order valence-electron chi connectivity index (χ1n) is 10.8. The molecular formula is C24H31F4NO4. The lowest BCUT2D eigenvalue weighted by atomic mass is 10.0. The molecule has 1 atom stereocenters. The molecule has 0 heterocycles. The summed E-state index contributed by atoms with van der Waals surface area (Å²) in [6.07, 6.45) is -1.18. The van der Waals surface area contributed by atoms with Crippen molar-refractivity contribution in [3.8, 4) is 5.75 Å². The highest BCUT2D eigenvalue weighted by Gasteiger charge is 2.55. The van der Waals surface area contributed by atoms with Crippen LogP contribution in [-0.4, -0.2) is 53.5 Å². The number of aliphatic hydroxyl groups is 2. The maximum Gasteiger partial charge on any atom is 0.332 e. The number of rotatable bonds is 15. The standard InChI is InChI=1S/C24H31F4NO4/c25-23(26,24(27,28)17-33-13-4-8-18-6-2-1-3-7-18)11-5-12-29-15-22(32)19-9-10-21(31)20(14-19)16-30/h1-3,6-7,9-10,14,22,29-32H,4-5,8,11-13,15-17H2/t22-/m0/s1. The van der Waals surface area contributed by atoms with Gasteiger partial charge in [-0.05, 0) is 49.1 Å². The maximum atomic E-state index is 14.0. The number of aryl methyl sites for hydroxylation is 1. The number of alkyl halides is 4. The van der Waals surface area contributed by atoms with Crippen LogP contribution in [0.5, 0.6) is 5.75 Å². The van der Waals surface area contributed by atoms with Crippen molar-refractivity contribution in [2.75, 3.05) is 26.3 Å². The third-order valence-electron chi connectivity index (χ3n) is 5.26. The minimum atomic E-state index is -4.27. The van der Waals surface area contributed by atoms with Gasteiger partial charge in [0.2, 0.25) is 0 Å². The van der Waals surface area contributed by atoms with Crippen molar-refractivity contribution in [3.05, 3.63) is 65.2 Å². The van der Waals surface area contributed by atoms with Crippen LogP contribution in [0.1, 0.15) is 42.1 Å². The summed E-state index contributed by atoms with van der Waals surface area (Å²) in [5.41, 5.74) is 1.69. The second-order valence-electron chi connectivity index (χ2n) is 7.92. The van der Waals surface area contributed by atoms with Crippen LogP contribution in [0.2, 0.25) is 0 Å². The van der Waals surface area contributed by atoms with Crippen LogP contribution in [0.3, 0.4) is 0 Å². The van der Waals surface area contributed by atoms with Crippen molar-refractivity contribution in [3.63, 3.8) is 0 Å². The predicted octanol–water partition coefficient (Wildman–Crippen LogP) is 4.21. The molecule has 0 fully saturated rings. The van der Waals surface area contributed by atoms with Gasteiger partial charge in [0.05, 0.1) is 12.7 Å². The van der Waals surface area contributed by atoms with Gasteiger partial charge in [-0.1, -0.05) is 36.4 Å². The summed E-state index contributed by atoms with van der Waals surface area (Å²) in [6.45, 7) is -1.77. The zero-order valence-corrected chi connectivity index (χ0v) is 18.3. The highest BCUT2D eigenvalue weighted by atomic mass is 19.3. The molecule has 0 saturated carbocycles. The Morgan fingerprint density at radius 3 is 2.39 bits per heavy atom. The summed E-state index contributed by atoms with van der Waals surface area (Å²) in [6, 6.07) is 13.6. The lowest BCUT2D eigenvalue weighted by Crippen LogP contribution is -2.44. The van der Waals surface area contributed by atoms with E-state index in [-0.39, 0.29) is 37.4 Å². The van der Waals surface area contributed by atoms with Crippen LogP contribution in [0.4, 0.5) is 17.6 Å². The van der Waals surface area contributed by atoms with E-state index in [0.29, 0.717) is 18.4 Å². The highest BCUT2D eigenvalue weighted by Crippen LogP contribution is 2.38. The molecule has 2 rings (SSSR count). The molecule has 0 spiro atoms. The van der Waals surface area contributed by atoms with Crippen LogP contribution < -0.4 is 5.32 Å². The number of aliphatic hydroxyl groups excluding tert-OH is 2. The van der Waals surface area contributed by atoms with E-state index in [2.05, 4.69) is 5.32 Å². The molecule has 0 aliphatic rings. The number of nitrogens with one attached hydrogen (secondary N) is 1. The normalized spacial score (nSPS) is 13.3. The van der Waals surface area contributed by atoms with Gasteiger partial charge in [0.15, 0.2) is 0 Å². The van der Waals surface area contributed by atoms with Gasteiger partial charge in [-0.3, -0.25) is 0 Å². The second-order valence-corrected chi connectivity index (χ2v) is 7.92. The van der Waals surface area contributed by atoms with Gasteiger partial charge in [0.25, 0.3) is 0 Å². The fourth-order valence-corrected chi connectivity index (χ4v) is 3.24. The van der Waals surface area contributed by atoms with E-state index < -0.39 is 37.6 Å². The number of hydrogen-bond donors (Lipinski definition) is 4. The SMILES string of the molecule is OCc1cc([C@@H](O)CNCCCC(F)(F)C(F)(F)COCCCc2ccccc2)ccc1O. The molecular weight excluding hydrogens is 442 g/mol. The fraction of sp³-hybridized carbons (Fsp3) is 0.500. The number of halogens is 4. The molecule has 0 saturated heterocycles. The molecule has 0 aliphatic heterocycles. The Morgan fingerprint density at radius 2 is 1.70 bits per heavy atom. The Bertz CT molecular complexity index is 836. The molecule has 0 aliphatic carbocycles. The van der Waals surface area contributed by atoms with Crippen LogP contribution in [0.25, 0.3) is 0 Å². The molecule has 2 aromatic carbocycles. The molecule has 0 amide bonds. The van der Waals surface area contributed by atoms with Gasteiger partial charge in [0, 0.05) is 25.1 Å². The largest absolute Gasteiger partial charge is 0.508 e. The molecule has 184 valence electrons. The predicted molar refractivity (Wildman–Crippen MR) is 117 cm³/mol. The van der Waals surface area contributed by atoms with E-state index in [1.807, 2.05) is 30.3 Å². The van der Waals surface area contributed by atoms with Crippen LogP contribution >= 0.6 is 0 Å². The summed E-state index contributed by atoms with van der Waals surface area (Å²) in [5.74, 6) is -8.59. The molecule has 5 nitrogen and oxygen atoms in total. The van der Waals surface area contributed by atoms with Gasteiger partial charge in [-0.2, -0.15) is 17.6 Å². The Labute approximate surface area is 191 Å². The summed E-state index contributed by atoms with van der Waals surface area (Å²) >= 11 is 0. The Morgan fingerprint density at radius 1 is 0.970 bits per heavy atom. The molecule has 33 heavy (non-hydrogen) atoms. The van der Waals surface area contributed by atoms with Gasteiger partial charge >= 0.3 is 11.8 Å². The third kappa shape index (κ3) is 8.58. The summed E-state index contributed by atoms with van der Waals surface area (Å²) in [5, 5.41) is 31.6. The van der Waals surface area contributed by atoms with Crippen molar-refractivity contribution in [1.82, 2.24) is 5.32 Å². The van der Waals surface area contributed by atoms with Crippen molar-refractivity contribution in [1.29, 1.82) is 0 Å². The third-order valence-corrected chi connectivity index (χ3v) is 5.26. The second kappa shape index (κ2) is 12.9. The van der Waals surface area contributed by atoms with E-state index in [9.17, 15) is 27.8 Å². The molecule has 2 aromatic rings. The Kier molecular flexibility index (Phi) is 10.6. The molecule has 0 aromatic heterocycles. The first kappa shape index (κ1) is 27.0. The quantitative estimate of drug-likeness (QED) is 0.230. The zero-order valence-electron chi connectivity index (χ0n) is 18.3. The van der Waals surface area contributed by atoms with Gasteiger partial charge in [-0.15, -0.1) is 0 Å². The first-order valence-corrected chi connectivity index (χ1v) is 10.8. The van der Waals surface area contributed by atoms with Gasteiger partial charge in [0.1, 0.15) is 12.4 Å². The first-order chi connectivity index (χ1) is 15.7. The van der Waals surface area contributed by atoms with E-state index in [1.165, 1.54) is 18.2 Å². The minimum absolute atomic E-state index is 0.00212. The van der Waals surface area contributed by atoms with Crippen molar-refractivity contribution in [2.45, 2.75) is 50.2 Å². The average Bonchev–Trinajstić information content (AvgIpc) is 2.79. The minimum Gasteiger partial charge on any atom is -0.508 e. The Hall–Kier alpha value is -2.20. The summed E-state index contributed by atoms with van der Waals surface area (Å²) in [4.78, 5) is 0. The van der Waals surface area contributed by atoms with Crippen molar-refractivity contribution < 1.29 is 37.6 Å². The molecule has 0 bridgehead atoms. The molecule has 0 radical (unpaired) electrons. The fourth-order valence-electron chi connectivity index (χ4n) is 3.24. The molecule has 4 N–H and O–H groups in total. The smallest absolute Gasteiger partial charge is 0.332 e. The topological polar surface area (TPSA) is 82.0 Å². The number of aromatic hydroxyl groups is 1. The number of hydrogen-bond acceptors (Lipinski definition) is 5. The van der Waals surface area contributed by atoms with E-state index in [4.69, 9.17) is 9.84 Å². The summed E-state index contributed by atoms with van der Waals surface area (Å²) < 4.78 is 60.7. The lowest BCUT2D eigenvalue weighted by molar-refractivity contribution is -0.235. The van der Waals surface area contributed by atoms with E-state index in [1.54, 1.807) is 0 Å². The number of phenols is 1. The van der Waals surface area contributed by atoms with Gasteiger partial charge in [-0.25, -0.2) is 0 Å². The monoisotopic (exact) mass is 473 g/mol. The van der Waals surface area contributed by atoms with Gasteiger partial charge < -0.3 is 25.4 Å². The molecule has 9 heteroatoms. The van der Waals surface area contributed by atoms with E-state index >= 15 is 0 Å². The average molecular weight is 474 g/mol. The van der Waals surface area contributed by atoms with Crippen LogP contribution in [0, 0.1) is 0 Å². The van der Waals surface area contributed by atoms with Crippen molar-refractivity contribution >= 4 is 0 Å². The van der Waals surface area contributed by atoms with Crippen LogP contribution in [-0.2, 0) is 17.8 Å².